The molecule has 4 heterocycles. The molecule has 0 unspecified atom stereocenters. The Kier molecular flexibility index (Phi) is 4.17. The van der Waals surface area contributed by atoms with E-state index in [1.54, 1.807) is 17.7 Å². The van der Waals surface area contributed by atoms with Crippen LogP contribution in [0.2, 0.25) is 0 Å². The van der Waals surface area contributed by atoms with Gasteiger partial charge in [0.2, 0.25) is 0 Å². The van der Waals surface area contributed by atoms with E-state index >= 15 is 0 Å². The molecule has 4 rings (SSSR count). The van der Waals surface area contributed by atoms with E-state index in [0.29, 0.717) is 17.0 Å². The Hall–Kier alpha value is -2.03. The third kappa shape index (κ3) is 2.88. The highest BCUT2D eigenvalue weighted by Gasteiger charge is 2.28. The second kappa shape index (κ2) is 6.46. The van der Waals surface area contributed by atoms with Crippen molar-refractivity contribution in [2.24, 2.45) is 0 Å². The first-order valence-electron chi connectivity index (χ1n) is 8.07. The predicted molar refractivity (Wildman–Crippen MR) is 93.6 cm³/mol. The minimum absolute atomic E-state index is 0.0447. The molecule has 24 heavy (non-hydrogen) atoms. The first-order chi connectivity index (χ1) is 11.7. The van der Waals surface area contributed by atoms with Crippen molar-refractivity contribution < 1.29 is 5.11 Å². The number of aliphatic hydroxyl groups excluding tert-OH is 1. The van der Waals surface area contributed by atoms with Crippen molar-refractivity contribution in [3.05, 3.63) is 35.0 Å². The average Bonchev–Trinajstić information content (AvgIpc) is 3.19. The summed E-state index contributed by atoms with van der Waals surface area (Å²) >= 11 is 1.72. The van der Waals surface area contributed by atoms with Crippen LogP contribution in [0.5, 0.6) is 0 Å². The minimum Gasteiger partial charge on any atom is -0.391 e. The van der Waals surface area contributed by atoms with Crippen LogP contribution < -0.4 is 5.73 Å². The van der Waals surface area contributed by atoms with Crippen LogP contribution in [0.4, 0.5) is 5.82 Å². The van der Waals surface area contributed by atoms with E-state index in [-0.39, 0.29) is 6.04 Å². The van der Waals surface area contributed by atoms with E-state index in [0.717, 1.165) is 32.5 Å². The summed E-state index contributed by atoms with van der Waals surface area (Å²) in [5.74, 6) is 0.376. The van der Waals surface area contributed by atoms with Crippen LogP contribution >= 0.6 is 11.3 Å². The van der Waals surface area contributed by atoms with Crippen LogP contribution in [0.25, 0.3) is 11.2 Å². The van der Waals surface area contributed by atoms with Crippen molar-refractivity contribution in [3.63, 3.8) is 0 Å². The van der Waals surface area contributed by atoms with Gasteiger partial charge in [0.25, 0.3) is 0 Å². The number of nitrogens with two attached hydrogens (primary N) is 1. The highest BCUT2D eigenvalue weighted by molar-refractivity contribution is 7.07. The van der Waals surface area contributed by atoms with Crippen LogP contribution in [0.1, 0.15) is 24.4 Å². The topological polar surface area (TPSA) is 93.1 Å². The zero-order valence-corrected chi connectivity index (χ0v) is 14.1. The quantitative estimate of drug-likeness (QED) is 0.751. The Morgan fingerprint density at radius 3 is 2.96 bits per heavy atom. The van der Waals surface area contributed by atoms with Crippen molar-refractivity contribution in [2.45, 2.75) is 31.5 Å². The maximum absolute atomic E-state index is 10.6. The molecule has 3 aromatic rings. The summed E-state index contributed by atoms with van der Waals surface area (Å²) in [6.07, 6.45) is 4.32. The highest BCUT2D eigenvalue weighted by Crippen LogP contribution is 2.28. The maximum Gasteiger partial charge on any atom is 0.165 e. The van der Waals surface area contributed by atoms with Gasteiger partial charge in [0.15, 0.2) is 11.5 Å². The maximum atomic E-state index is 10.6. The molecule has 0 spiro atoms. The van der Waals surface area contributed by atoms with Gasteiger partial charge in [-0.05, 0) is 35.2 Å². The lowest BCUT2D eigenvalue weighted by molar-refractivity contribution is 0.109. The number of likely N-dealkylation sites (tertiary alicyclic amines) is 1. The molecular weight excluding hydrogens is 324 g/mol. The summed E-state index contributed by atoms with van der Waals surface area (Å²) in [5, 5.41) is 14.9. The molecule has 2 atom stereocenters. The standard InChI is InChI=1S/C16H20N6OS/c17-15-14-16(19-9-18-15)22(10-20-14)12-1-4-21(5-2-13(12)23)7-11-3-6-24-8-11/h3,6,8-10,12-13,23H,1-2,4-5,7H2,(H2,17,18,19)/t12-,13-/m0/s1. The number of anilines is 1. The van der Waals surface area contributed by atoms with Crippen LogP contribution in [-0.2, 0) is 6.54 Å². The Morgan fingerprint density at radius 2 is 2.12 bits per heavy atom. The number of nitrogens with zero attached hydrogens (tertiary/aromatic N) is 5. The minimum atomic E-state index is -0.425. The van der Waals surface area contributed by atoms with Gasteiger partial charge in [-0.1, -0.05) is 0 Å². The SMILES string of the molecule is Nc1ncnc2c1ncn2[C@H]1CCN(Cc2ccsc2)CC[C@@H]1O. The molecule has 1 aliphatic heterocycles. The molecule has 3 N–H and O–H groups in total. The fourth-order valence-corrected chi connectivity index (χ4v) is 4.02. The first kappa shape index (κ1) is 15.5. The van der Waals surface area contributed by atoms with Crippen LogP contribution in [0.15, 0.2) is 29.5 Å². The van der Waals surface area contributed by atoms with E-state index in [2.05, 4.69) is 36.7 Å². The van der Waals surface area contributed by atoms with E-state index in [1.165, 1.54) is 11.9 Å². The van der Waals surface area contributed by atoms with Gasteiger partial charge >= 0.3 is 0 Å². The number of hydrogen-bond acceptors (Lipinski definition) is 7. The van der Waals surface area contributed by atoms with Gasteiger partial charge in [-0.2, -0.15) is 11.3 Å². The van der Waals surface area contributed by atoms with Crippen molar-refractivity contribution in [1.82, 2.24) is 24.4 Å². The monoisotopic (exact) mass is 344 g/mol. The first-order valence-corrected chi connectivity index (χ1v) is 9.01. The summed E-state index contributed by atoms with van der Waals surface area (Å²) in [4.78, 5) is 15.0. The number of fused-ring (bicyclic) bond motifs is 1. The Bertz CT molecular complexity index is 817. The van der Waals surface area contributed by atoms with E-state index in [1.807, 2.05) is 4.57 Å². The molecule has 1 fully saturated rings. The van der Waals surface area contributed by atoms with E-state index in [4.69, 9.17) is 5.73 Å². The van der Waals surface area contributed by atoms with E-state index < -0.39 is 6.10 Å². The number of hydrogen-bond donors (Lipinski definition) is 2. The zero-order valence-electron chi connectivity index (χ0n) is 13.2. The lowest BCUT2D eigenvalue weighted by Crippen LogP contribution is -2.24. The molecular formula is C16H20N6OS. The fraction of sp³-hybridized carbons (Fsp3) is 0.438. The summed E-state index contributed by atoms with van der Waals surface area (Å²) in [7, 11) is 0. The lowest BCUT2D eigenvalue weighted by Gasteiger charge is -2.21. The summed E-state index contributed by atoms with van der Waals surface area (Å²) < 4.78 is 1.95. The number of aromatic nitrogens is 4. The molecule has 3 aromatic heterocycles. The zero-order chi connectivity index (χ0) is 16.5. The molecule has 0 aliphatic carbocycles. The second-order valence-electron chi connectivity index (χ2n) is 6.20. The second-order valence-corrected chi connectivity index (χ2v) is 6.98. The normalized spacial score (nSPS) is 22.7. The van der Waals surface area contributed by atoms with Gasteiger partial charge in [0, 0.05) is 19.6 Å². The molecule has 1 aliphatic rings. The van der Waals surface area contributed by atoms with Gasteiger partial charge < -0.3 is 15.4 Å². The molecule has 126 valence electrons. The number of imidazole rings is 1. The number of aliphatic hydroxyl groups is 1. The fourth-order valence-electron chi connectivity index (χ4n) is 3.36. The number of nitrogen functional groups attached to an aromatic ring is 1. The molecule has 0 aromatic carbocycles. The summed E-state index contributed by atoms with van der Waals surface area (Å²) in [5.41, 5.74) is 8.49. The third-order valence-corrected chi connectivity index (χ3v) is 5.39. The van der Waals surface area contributed by atoms with Crippen molar-refractivity contribution in [3.8, 4) is 0 Å². The Balaban J connectivity index is 1.55. The van der Waals surface area contributed by atoms with Crippen LogP contribution in [0, 0.1) is 0 Å². The van der Waals surface area contributed by atoms with Gasteiger partial charge in [-0.25, -0.2) is 15.0 Å². The molecule has 7 nitrogen and oxygen atoms in total. The van der Waals surface area contributed by atoms with Crippen molar-refractivity contribution in [2.75, 3.05) is 18.8 Å². The predicted octanol–water partition coefficient (Wildman–Crippen LogP) is 1.67. The smallest absolute Gasteiger partial charge is 0.165 e. The Morgan fingerprint density at radius 1 is 1.25 bits per heavy atom. The van der Waals surface area contributed by atoms with Gasteiger partial charge in [0.1, 0.15) is 11.8 Å². The van der Waals surface area contributed by atoms with Crippen molar-refractivity contribution >= 4 is 28.3 Å². The molecule has 1 saturated heterocycles. The van der Waals surface area contributed by atoms with Crippen LogP contribution in [0.3, 0.4) is 0 Å². The largest absolute Gasteiger partial charge is 0.391 e. The Labute approximate surface area is 143 Å². The molecule has 0 radical (unpaired) electrons. The number of rotatable bonds is 3. The van der Waals surface area contributed by atoms with Crippen molar-refractivity contribution in [1.29, 1.82) is 0 Å². The number of thiophene rings is 1. The van der Waals surface area contributed by atoms with Gasteiger partial charge in [-0.15, -0.1) is 0 Å². The highest BCUT2D eigenvalue weighted by atomic mass is 32.1. The van der Waals surface area contributed by atoms with Gasteiger partial charge in [-0.3, -0.25) is 4.90 Å². The molecule has 0 amide bonds. The summed E-state index contributed by atoms with van der Waals surface area (Å²) in [6.45, 7) is 2.75. The van der Waals surface area contributed by atoms with Gasteiger partial charge in [0.05, 0.1) is 18.5 Å². The van der Waals surface area contributed by atoms with E-state index in [9.17, 15) is 5.11 Å². The molecule has 0 saturated carbocycles. The molecule has 8 heteroatoms. The molecule has 0 bridgehead atoms. The third-order valence-electron chi connectivity index (χ3n) is 4.66. The average molecular weight is 344 g/mol. The lowest BCUT2D eigenvalue weighted by atomic mass is 10.1. The van der Waals surface area contributed by atoms with Crippen LogP contribution in [-0.4, -0.2) is 48.7 Å². The summed E-state index contributed by atoms with van der Waals surface area (Å²) in [6, 6.07) is 2.11.